The second-order valence-electron chi connectivity index (χ2n) is 4.36. The van der Waals surface area contributed by atoms with Gasteiger partial charge >= 0.3 is 0 Å². The molecule has 0 bridgehead atoms. The molecule has 0 radical (unpaired) electrons. The molecule has 0 unspecified atom stereocenters. The van der Waals surface area contributed by atoms with Gasteiger partial charge in [-0.15, -0.1) is 0 Å². The number of carbonyl (C=O) groups excluding carboxylic acids is 1. The normalized spacial score (nSPS) is 11.2. The SMILES string of the molecule is C=C/C(F)=C(\N=C)C(=O)Nc1cc(F)cc(Oc2cncnc2)c1. The lowest BCUT2D eigenvalue weighted by atomic mass is 10.2. The highest BCUT2D eigenvalue weighted by molar-refractivity contribution is 6.04. The summed E-state index contributed by atoms with van der Waals surface area (Å²) in [5.74, 6) is -2.13. The van der Waals surface area contributed by atoms with Gasteiger partial charge in [-0.2, -0.15) is 0 Å². The third-order valence-corrected chi connectivity index (χ3v) is 2.68. The lowest BCUT2D eigenvalue weighted by Crippen LogP contribution is -2.14. The number of hydrogen-bond acceptors (Lipinski definition) is 5. The maximum atomic E-state index is 13.7. The molecule has 2 aromatic rings. The van der Waals surface area contributed by atoms with Gasteiger partial charge < -0.3 is 10.1 Å². The number of amides is 1. The van der Waals surface area contributed by atoms with Gasteiger partial charge in [0, 0.05) is 17.8 Å². The standard InChI is InChI=1S/C16H12F2N4O2/c1-3-14(18)15(19-2)16(23)22-11-4-10(17)5-12(6-11)24-13-7-20-9-21-8-13/h3-9H,1-2H2,(H,22,23)/b15-14+. The predicted octanol–water partition coefficient (Wildman–Crippen LogP) is 3.41. The molecule has 0 saturated heterocycles. The van der Waals surface area contributed by atoms with Crippen molar-refractivity contribution in [2.75, 3.05) is 5.32 Å². The molecule has 8 heteroatoms. The zero-order chi connectivity index (χ0) is 17.5. The maximum absolute atomic E-state index is 13.7. The number of ether oxygens (including phenoxy) is 1. The summed E-state index contributed by atoms with van der Waals surface area (Å²) in [5, 5.41) is 2.31. The third kappa shape index (κ3) is 4.29. The summed E-state index contributed by atoms with van der Waals surface area (Å²) in [5.41, 5.74) is -0.516. The van der Waals surface area contributed by atoms with Crippen LogP contribution in [0.1, 0.15) is 0 Å². The van der Waals surface area contributed by atoms with Crippen LogP contribution in [0, 0.1) is 5.82 Å². The minimum absolute atomic E-state index is 0.0462. The zero-order valence-electron chi connectivity index (χ0n) is 12.4. The van der Waals surface area contributed by atoms with Crippen LogP contribution in [0.15, 0.2) is 66.1 Å². The summed E-state index contributed by atoms with van der Waals surface area (Å²) >= 11 is 0. The fourth-order valence-electron chi connectivity index (χ4n) is 1.71. The molecular formula is C16H12F2N4O2. The van der Waals surface area contributed by atoms with Gasteiger partial charge in [-0.1, -0.05) is 6.58 Å². The van der Waals surface area contributed by atoms with Crippen LogP contribution in [-0.4, -0.2) is 22.6 Å². The molecule has 6 nitrogen and oxygen atoms in total. The van der Waals surface area contributed by atoms with E-state index in [1.54, 1.807) is 0 Å². The average molecular weight is 330 g/mol. The Morgan fingerprint density at radius 3 is 2.58 bits per heavy atom. The van der Waals surface area contributed by atoms with Crippen molar-refractivity contribution in [2.24, 2.45) is 4.99 Å². The van der Waals surface area contributed by atoms with Crippen molar-refractivity contribution in [3.8, 4) is 11.5 Å². The summed E-state index contributed by atoms with van der Waals surface area (Å²) in [7, 11) is 0. The van der Waals surface area contributed by atoms with E-state index in [9.17, 15) is 13.6 Å². The van der Waals surface area contributed by atoms with Crippen LogP contribution in [0.3, 0.4) is 0 Å². The van der Waals surface area contributed by atoms with Crippen molar-refractivity contribution in [1.29, 1.82) is 0 Å². The number of aromatic nitrogens is 2. The average Bonchev–Trinajstić information content (AvgIpc) is 2.55. The van der Waals surface area contributed by atoms with Crippen molar-refractivity contribution in [3.05, 3.63) is 66.9 Å². The second-order valence-corrected chi connectivity index (χ2v) is 4.36. The zero-order valence-corrected chi connectivity index (χ0v) is 12.4. The molecule has 0 saturated carbocycles. The Morgan fingerprint density at radius 2 is 1.96 bits per heavy atom. The van der Waals surface area contributed by atoms with E-state index < -0.39 is 23.2 Å². The van der Waals surface area contributed by atoms with Crippen LogP contribution >= 0.6 is 0 Å². The highest BCUT2D eigenvalue weighted by Crippen LogP contribution is 2.25. The van der Waals surface area contributed by atoms with Gasteiger partial charge in [-0.25, -0.2) is 18.7 Å². The van der Waals surface area contributed by atoms with Crippen LogP contribution in [0.4, 0.5) is 14.5 Å². The number of nitrogens with zero attached hydrogens (tertiary/aromatic N) is 3. The molecule has 0 atom stereocenters. The van der Waals surface area contributed by atoms with Crippen molar-refractivity contribution in [1.82, 2.24) is 9.97 Å². The van der Waals surface area contributed by atoms with E-state index in [0.29, 0.717) is 0 Å². The van der Waals surface area contributed by atoms with E-state index in [-0.39, 0.29) is 17.2 Å². The quantitative estimate of drug-likeness (QED) is 0.500. The smallest absolute Gasteiger partial charge is 0.277 e. The summed E-state index contributed by atoms with van der Waals surface area (Å²) in [6, 6.07) is 3.49. The molecule has 0 spiro atoms. The number of hydrogen-bond donors (Lipinski definition) is 1. The molecule has 0 fully saturated rings. The molecule has 24 heavy (non-hydrogen) atoms. The van der Waals surface area contributed by atoms with Gasteiger partial charge in [-0.3, -0.25) is 9.79 Å². The van der Waals surface area contributed by atoms with Gasteiger partial charge in [0.25, 0.3) is 5.91 Å². The fourth-order valence-corrected chi connectivity index (χ4v) is 1.71. The number of aliphatic imine (C=N–C) groups is 1. The predicted molar refractivity (Wildman–Crippen MR) is 85.0 cm³/mol. The van der Waals surface area contributed by atoms with Gasteiger partial charge in [0.1, 0.15) is 17.9 Å². The highest BCUT2D eigenvalue weighted by Gasteiger charge is 2.14. The summed E-state index contributed by atoms with van der Waals surface area (Å²) < 4.78 is 32.5. The molecule has 1 amide bonds. The van der Waals surface area contributed by atoms with Crippen LogP contribution in [0.5, 0.6) is 11.5 Å². The Bertz CT molecular complexity index is 807. The van der Waals surface area contributed by atoms with E-state index >= 15 is 0 Å². The van der Waals surface area contributed by atoms with E-state index in [2.05, 4.69) is 33.6 Å². The van der Waals surface area contributed by atoms with Gasteiger partial charge in [0.2, 0.25) is 0 Å². The number of anilines is 1. The van der Waals surface area contributed by atoms with Crippen LogP contribution in [-0.2, 0) is 4.79 Å². The first-order chi connectivity index (χ1) is 11.5. The minimum atomic E-state index is -0.947. The van der Waals surface area contributed by atoms with Crippen molar-refractivity contribution >= 4 is 18.3 Å². The largest absolute Gasteiger partial charge is 0.454 e. The van der Waals surface area contributed by atoms with Gasteiger partial charge in [-0.05, 0) is 18.9 Å². The van der Waals surface area contributed by atoms with Crippen molar-refractivity contribution in [2.45, 2.75) is 0 Å². The lowest BCUT2D eigenvalue weighted by molar-refractivity contribution is -0.113. The van der Waals surface area contributed by atoms with Gasteiger partial charge in [0.15, 0.2) is 17.3 Å². The number of carbonyl (C=O) groups is 1. The Hall–Kier alpha value is -3.42. The fraction of sp³-hybridized carbons (Fsp3) is 0. The van der Waals surface area contributed by atoms with Gasteiger partial charge in [0.05, 0.1) is 12.4 Å². The lowest BCUT2D eigenvalue weighted by Gasteiger charge is -2.09. The Kier molecular flexibility index (Phi) is 5.45. The van der Waals surface area contributed by atoms with E-state index in [1.807, 2.05) is 0 Å². The molecular weight excluding hydrogens is 318 g/mol. The molecule has 122 valence electrons. The second kappa shape index (κ2) is 7.73. The number of allylic oxidation sites excluding steroid dienone is 2. The van der Waals surface area contributed by atoms with Crippen LogP contribution in [0.2, 0.25) is 0 Å². The summed E-state index contributed by atoms with van der Waals surface area (Å²) in [6.07, 6.45) is 4.91. The van der Waals surface area contributed by atoms with Crippen LogP contribution in [0.25, 0.3) is 0 Å². The molecule has 1 aromatic heterocycles. The molecule has 1 aromatic carbocycles. The first-order valence-corrected chi connectivity index (χ1v) is 6.57. The number of benzene rings is 1. The first kappa shape index (κ1) is 16.9. The molecule has 0 aliphatic heterocycles. The van der Waals surface area contributed by atoms with E-state index in [1.165, 1.54) is 24.8 Å². The molecule has 0 aliphatic carbocycles. The van der Waals surface area contributed by atoms with Crippen LogP contribution < -0.4 is 10.1 Å². The molecule has 1 N–H and O–H groups in total. The van der Waals surface area contributed by atoms with Crippen molar-refractivity contribution in [3.63, 3.8) is 0 Å². The van der Waals surface area contributed by atoms with E-state index in [0.717, 1.165) is 18.2 Å². The minimum Gasteiger partial charge on any atom is -0.454 e. The Labute approximate surface area is 136 Å². The third-order valence-electron chi connectivity index (χ3n) is 2.68. The summed E-state index contributed by atoms with van der Waals surface area (Å²) in [6.45, 7) is 6.32. The Morgan fingerprint density at radius 1 is 1.25 bits per heavy atom. The summed E-state index contributed by atoms with van der Waals surface area (Å²) in [4.78, 5) is 22.8. The highest BCUT2D eigenvalue weighted by atomic mass is 19.1. The molecule has 0 aliphatic rings. The maximum Gasteiger partial charge on any atom is 0.277 e. The molecule has 2 rings (SSSR count). The number of halogens is 2. The number of nitrogens with one attached hydrogen (secondary N) is 1. The van der Waals surface area contributed by atoms with Crippen molar-refractivity contribution < 1.29 is 18.3 Å². The Balaban J connectivity index is 2.24. The monoisotopic (exact) mass is 330 g/mol. The number of rotatable bonds is 6. The topological polar surface area (TPSA) is 76.5 Å². The molecule has 1 heterocycles. The van der Waals surface area contributed by atoms with E-state index in [4.69, 9.17) is 4.74 Å². The first-order valence-electron chi connectivity index (χ1n) is 6.57.